The molecule has 1 rings (SSSR count). The number of thioether (sulfide) groups is 1. The van der Waals surface area contributed by atoms with Gasteiger partial charge in [-0.05, 0) is 37.1 Å². The number of hydrogen-bond acceptors (Lipinski definition) is 3. The van der Waals surface area contributed by atoms with E-state index in [0.29, 0.717) is 11.3 Å². The van der Waals surface area contributed by atoms with Gasteiger partial charge in [0.05, 0.1) is 6.61 Å². The normalized spacial score (nSPS) is 14.3. The number of ether oxygens (including phenoxy) is 1. The SMILES string of the molecule is CCCOc1ccc(C(CSC(C)C(C)C)NC)cc1. The number of hydrogen-bond donors (Lipinski definition) is 1. The molecule has 1 aromatic rings. The molecule has 20 heavy (non-hydrogen) atoms. The fourth-order valence-corrected chi connectivity index (χ4v) is 3.04. The van der Waals surface area contributed by atoms with Crippen molar-refractivity contribution in [3.8, 4) is 5.75 Å². The molecule has 2 unspecified atom stereocenters. The highest BCUT2D eigenvalue weighted by molar-refractivity contribution is 7.99. The third-order valence-corrected chi connectivity index (χ3v) is 5.16. The van der Waals surface area contributed by atoms with E-state index in [2.05, 4.69) is 57.3 Å². The van der Waals surface area contributed by atoms with Crippen LogP contribution >= 0.6 is 11.8 Å². The lowest BCUT2D eigenvalue weighted by Crippen LogP contribution is -2.20. The number of nitrogens with one attached hydrogen (secondary N) is 1. The van der Waals surface area contributed by atoms with Crippen LogP contribution in [-0.4, -0.2) is 24.7 Å². The zero-order valence-electron chi connectivity index (χ0n) is 13.5. The molecule has 0 heterocycles. The van der Waals surface area contributed by atoms with Gasteiger partial charge in [-0.1, -0.05) is 39.8 Å². The maximum absolute atomic E-state index is 5.63. The molecule has 2 atom stereocenters. The first kappa shape index (κ1) is 17.4. The second kappa shape index (κ2) is 9.30. The molecule has 0 radical (unpaired) electrons. The van der Waals surface area contributed by atoms with E-state index >= 15 is 0 Å². The Morgan fingerprint density at radius 3 is 2.30 bits per heavy atom. The van der Waals surface area contributed by atoms with Crippen molar-refractivity contribution in [1.82, 2.24) is 5.32 Å². The summed E-state index contributed by atoms with van der Waals surface area (Å²) in [5, 5.41) is 4.11. The lowest BCUT2D eigenvalue weighted by Gasteiger charge is -2.21. The van der Waals surface area contributed by atoms with Crippen LogP contribution in [0.2, 0.25) is 0 Å². The lowest BCUT2D eigenvalue weighted by molar-refractivity contribution is 0.317. The van der Waals surface area contributed by atoms with Crippen LogP contribution in [0.4, 0.5) is 0 Å². The highest BCUT2D eigenvalue weighted by atomic mass is 32.2. The van der Waals surface area contributed by atoms with E-state index in [0.717, 1.165) is 30.4 Å². The van der Waals surface area contributed by atoms with Gasteiger partial charge in [-0.15, -0.1) is 0 Å². The molecule has 0 aliphatic rings. The molecule has 0 bridgehead atoms. The van der Waals surface area contributed by atoms with Crippen molar-refractivity contribution in [3.05, 3.63) is 29.8 Å². The zero-order chi connectivity index (χ0) is 15.0. The van der Waals surface area contributed by atoms with Crippen LogP contribution in [0.25, 0.3) is 0 Å². The van der Waals surface area contributed by atoms with E-state index in [9.17, 15) is 0 Å². The number of rotatable bonds is 9. The molecule has 0 aliphatic heterocycles. The van der Waals surface area contributed by atoms with Crippen molar-refractivity contribution in [2.24, 2.45) is 5.92 Å². The first-order valence-electron chi connectivity index (χ1n) is 7.60. The molecule has 0 saturated heterocycles. The molecule has 0 amide bonds. The van der Waals surface area contributed by atoms with Crippen molar-refractivity contribution in [1.29, 1.82) is 0 Å². The van der Waals surface area contributed by atoms with Crippen molar-refractivity contribution in [2.75, 3.05) is 19.4 Å². The Labute approximate surface area is 128 Å². The molecule has 0 saturated carbocycles. The van der Waals surface area contributed by atoms with Crippen molar-refractivity contribution in [2.45, 2.75) is 45.4 Å². The molecule has 0 fully saturated rings. The van der Waals surface area contributed by atoms with Gasteiger partial charge in [0.1, 0.15) is 5.75 Å². The number of benzene rings is 1. The summed E-state index contributed by atoms with van der Waals surface area (Å²) in [6.07, 6.45) is 1.05. The van der Waals surface area contributed by atoms with Gasteiger partial charge in [0.15, 0.2) is 0 Å². The second-order valence-corrected chi connectivity index (χ2v) is 6.95. The van der Waals surface area contributed by atoms with Crippen LogP contribution < -0.4 is 10.1 Å². The Morgan fingerprint density at radius 2 is 1.80 bits per heavy atom. The predicted octanol–water partition coefficient (Wildman–Crippen LogP) is 4.51. The van der Waals surface area contributed by atoms with Crippen molar-refractivity contribution >= 4 is 11.8 Å². The van der Waals surface area contributed by atoms with Gasteiger partial charge in [-0.2, -0.15) is 11.8 Å². The topological polar surface area (TPSA) is 21.3 Å². The maximum atomic E-state index is 5.63. The summed E-state index contributed by atoms with van der Waals surface area (Å²) in [5.74, 6) is 2.79. The monoisotopic (exact) mass is 295 g/mol. The summed E-state index contributed by atoms with van der Waals surface area (Å²) in [7, 11) is 2.03. The van der Waals surface area contributed by atoms with Gasteiger partial charge >= 0.3 is 0 Å². The summed E-state index contributed by atoms with van der Waals surface area (Å²) >= 11 is 2.04. The second-order valence-electron chi connectivity index (χ2n) is 5.54. The molecular weight excluding hydrogens is 266 g/mol. The Morgan fingerprint density at radius 1 is 1.15 bits per heavy atom. The average Bonchev–Trinajstić information content (AvgIpc) is 2.46. The van der Waals surface area contributed by atoms with Crippen LogP contribution in [0, 0.1) is 5.92 Å². The quantitative estimate of drug-likeness (QED) is 0.724. The standard InChI is InChI=1S/C17H29NOS/c1-6-11-19-16-9-7-15(8-10-16)17(18-5)12-20-14(4)13(2)3/h7-10,13-14,17-18H,6,11-12H2,1-5H3. The van der Waals surface area contributed by atoms with Crippen LogP contribution in [0.1, 0.15) is 45.7 Å². The largest absolute Gasteiger partial charge is 0.494 e. The minimum Gasteiger partial charge on any atom is -0.494 e. The smallest absolute Gasteiger partial charge is 0.119 e. The van der Waals surface area contributed by atoms with Gasteiger partial charge in [0.2, 0.25) is 0 Å². The molecule has 3 heteroatoms. The maximum Gasteiger partial charge on any atom is 0.119 e. The molecule has 0 aliphatic carbocycles. The average molecular weight is 295 g/mol. The Kier molecular flexibility index (Phi) is 8.08. The highest BCUT2D eigenvalue weighted by Gasteiger charge is 2.13. The van der Waals surface area contributed by atoms with E-state index in [-0.39, 0.29) is 0 Å². The molecule has 2 nitrogen and oxygen atoms in total. The minimum absolute atomic E-state index is 0.404. The van der Waals surface area contributed by atoms with E-state index < -0.39 is 0 Å². The first-order chi connectivity index (χ1) is 9.58. The fourth-order valence-electron chi connectivity index (χ4n) is 1.80. The fraction of sp³-hybridized carbons (Fsp3) is 0.647. The Bertz CT molecular complexity index is 364. The molecule has 1 N–H and O–H groups in total. The van der Waals surface area contributed by atoms with E-state index in [1.54, 1.807) is 0 Å². The van der Waals surface area contributed by atoms with Crippen LogP contribution in [-0.2, 0) is 0 Å². The zero-order valence-corrected chi connectivity index (χ0v) is 14.3. The molecule has 0 spiro atoms. The lowest BCUT2D eigenvalue weighted by atomic mass is 10.1. The summed E-state index contributed by atoms with van der Waals surface area (Å²) in [4.78, 5) is 0. The summed E-state index contributed by atoms with van der Waals surface area (Å²) in [6.45, 7) is 9.79. The van der Waals surface area contributed by atoms with E-state index in [1.807, 2.05) is 18.8 Å². The van der Waals surface area contributed by atoms with Gasteiger partial charge < -0.3 is 10.1 Å². The van der Waals surface area contributed by atoms with Gasteiger partial charge in [0, 0.05) is 17.0 Å². The minimum atomic E-state index is 0.404. The molecule has 114 valence electrons. The molecule has 0 aromatic heterocycles. The van der Waals surface area contributed by atoms with Crippen LogP contribution in [0.5, 0.6) is 5.75 Å². The summed E-state index contributed by atoms with van der Waals surface area (Å²) in [5.41, 5.74) is 1.33. The molecular formula is C17H29NOS. The van der Waals surface area contributed by atoms with E-state index in [1.165, 1.54) is 5.56 Å². The predicted molar refractivity (Wildman–Crippen MR) is 90.8 cm³/mol. The first-order valence-corrected chi connectivity index (χ1v) is 8.65. The van der Waals surface area contributed by atoms with Crippen molar-refractivity contribution < 1.29 is 4.74 Å². The van der Waals surface area contributed by atoms with Gasteiger partial charge in [-0.3, -0.25) is 0 Å². The Balaban J connectivity index is 2.56. The third-order valence-electron chi connectivity index (χ3n) is 3.57. The third kappa shape index (κ3) is 5.76. The van der Waals surface area contributed by atoms with Crippen molar-refractivity contribution in [3.63, 3.8) is 0 Å². The van der Waals surface area contributed by atoms with Gasteiger partial charge in [0.25, 0.3) is 0 Å². The van der Waals surface area contributed by atoms with Crippen LogP contribution in [0.3, 0.4) is 0 Å². The summed E-state index contributed by atoms with van der Waals surface area (Å²) in [6, 6.07) is 8.90. The molecule has 1 aromatic carbocycles. The Hall–Kier alpha value is -0.670. The van der Waals surface area contributed by atoms with E-state index in [4.69, 9.17) is 4.74 Å². The van der Waals surface area contributed by atoms with Crippen LogP contribution in [0.15, 0.2) is 24.3 Å². The summed E-state index contributed by atoms with van der Waals surface area (Å²) < 4.78 is 5.63. The van der Waals surface area contributed by atoms with Gasteiger partial charge in [-0.25, -0.2) is 0 Å². The highest BCUT2D eigenvalue weighted by Crippen LogP contribution is 2.26.